The van der Waals surface area contributed by atoms with Crippen molar-refractivity contribution in [1.29, 1.82) is 0 Å². The fourth-order valence-corrected chi connectivity index (χ4v) is 3.58. The van der Waals surface area contributed by atoms with Gasteiger partial charge in [0.2, 0.25) is 0 Å². The second-order valence-electron chi connectivity index (χ2n) is 5.82. The van der Waals surface area contributed by atoms with Crippen molar-refractivity contribution in [2.24, 2.45) is 11.8 Å². The summed E-state index contributed by atoms with van der Waals surface area (Å²) >= 11 is 12.3. The van der Waals surface area contributed by atoms with Crippen LogP contribution >= 0.6 is 23.2 Å². The minimum Gasteiger partial charge on any atom is -0.271 e. The monoisotopic (exact) mass is 314 g/mol. The maximum absolute atomic E-state index is 6.27. The van der Waals surface area contributed by atoms with Gasteiger partial charge in [-0.25, -0.2) is 0 Å². The van der Waals surface area contributed by atoms with E-state index in [1.807, 2.05) is 18.2 Å². The number of hydrogen-bond acceptors (Lipinski definition) is 2. The molecular formula is C16H24Cl2N2. The van der Waals surface area contributed by atoms with Crippen LogP contribution in [0.3, 0.4) is 0 Å². The van der Waals surface area contributed by atoms with E-state index in [0.717, 1.165) is 22.0 Å². The summed E-state index contributed by atoms with van der Waals surface area (Å²) in [6.45, 7) is 0. The van der Waals surface area contributed by atoms with Gasteiger partial charge in [-0.15, -0.1) is 0 Å². The molecule has 0 radical (unpaired) electrons. The zero-order valence-electron chi connectivity index (χ0n) is 11.9. The zero-order valence-corrected chi connectivity index (χ0v) is 13.4. The van der Waals surface area contributed by atoms with Gasteiger partial charge in [-0.3, -0.25) is 11.3 Å². The third-order valence-electron chi connectivity index (χ3n) is 4.38. The van der Waals surface area contributed by atoms with E-state index in [2.05, 4.69) is 5.43 Å². The van der Waals surface area contributed by atoms with Crippen molar-refractivity contribution in [3.8, 4) is 0 Å². The summed E-state index contributed by atoms with van der Waals surface area (Å²) in [4.78, 5) is 0. The van der Waals surface area contributed by atoms with E-state index in [9.17, 15) is 0 Å². The highest BCUT2D eigenvalue weighted by molar-refractivity contribution is 6.33. The molecule has 0 aliphatic heterocycles. The Balaban J connectivity index is 2.04. The Labute approximate surface area is 132 Å². The lowest BCUT2D eigenvalue weighted by Crippen LogP contribution is -2.42. The van der Waals surface area contributed by atoms with Crippen LogP contribution < -0.4 is 11.3 Å². The van der Waals surface area contributed by atoms with Crippen LogP contribution in [0, 0.1) is 5.92 Å². The first-order chi connectivity index (χ1) is 9.70. The van der Waals surface area contributed by atoms with Crippen molar-refractivity contribution >= 4 is 23.2 Å². The summed E-state index contributed by atoms with van der Waals surface area (Å²) in [6.07, 6.45) is 10.1. The number of nitrogens with one attached hydrogen (secondary N) is 1. The second kappa shape index (κ2) is 8.23. The first kappa shape index (κ1) is 16.1. The van der Waals surface area contributed by atoms with E-state index in [4.69, 9.17) is 29.0 Å². The molecule has 0 amide bonds. The van der Waals surface area contributed by atoms with Crippen LogP contribution in [0.5, 0.6) is 0 Å². The van der Waals surface area contributed by atoms with Crippen molar-refractivity contribution in [2.75, 3.05) is 0 Å². The van der Waals surface area contributed by atoms with Gasteiger partial charge in [-0.05, 0) is 48.9 Å². The van der Waals surface area contributed by atoms with Gasteiger partial charge < -0.3 is 0 Å². The largest absolute Gasteiger partial charge is 0.271 e. The number of rotatable bonds is 4. The Morgan fingerprint density at radius 1 is 1.10 bits per heavy atom. The highest BCUT2D eigenvalue weighted by Crippen LogP contribution is 2.28. The molecule has 1 aromatic rings. The molecule has 0 saturated heterocycles. The molecule has 112 valence electrons. The Morgan fingerprint density at radius 3 is 2.40 bits per heavy atom. The second-order valence-corrected chi connectivity index (χ2v) is 6.66. The van der Waals surface area contributed by atoms with Gasteiger partial charge in [0.1, 0.15) is 0 Å². The van der Waals surface area contributed by atoms with Crippen molar-refractivity contribution in [3.63, 3.8) is 0 Å². The van der Waals surface area contributed by atoms with Gasteiger partial charge in [0, 0.05) is 16.1 Å². The summed E-state index contributed by atoms with van der Waals surface area (Å²) in [5.74, 6) is 6.44. The molecule has 0 spiro atoms. The molecule has 1 aliphatic carbocycles. The molecule has 0 bridgehead atoms. The molecular weight excluding hydrogens is 291 g/mol. The number of nitrogens with two attached hydrogens (primary N) is 1. The van der Waals surface area contributed by atoms with Gasteiger partial charge in [0.25, 0.3) is 0 Å². The molecule has 2 rings (SSSR count). The van der Waals surface area contributed by atoms with E-state index in [1.54, 1.807) is 0 Å². The molecule has 1 aliphatic rings. The first-order valence-corrected chi connectivity index (χ1v) is 8.36. The fourth-order valence-electron chi connectivity index (χ4n) is 3.19. The van der Waals surface area contributed by atoms with Crippen molar-refractivity contribution in [2.45, 2.75) is 57.4 Å². The van der Waals surface area contributed by atoms with E-state index in [-0.39, 0.29) is 6.04 Å². The maximum Gasteiger partial charge on any atom is 0.0439 e. The smallest absolute Gasteiger partial charge is 0.0439 e. The van der Waals surface area contributed by atoms with Gasteiger partial charge in [0.05, 0.1) is 0 Å². The Morgan fingerprint density at radius 2 is 1.75 bits per heavy atom. The SMILES string of the molecule is NNC(Cc1cc(Cl)ccc1Cl)C1CCCCCCC1. The average molecular weight is 315 g/mol. The minimum atomic E-state index is 0.282. The molecule has 3 N–H and O–H groups in total. The Hall–Kier alpha value is -0.280. The van der Waals surface area contributed by atoms with Crippen molar-refractivity contribution in [1.82, 2.24) is 5.43 Å². The lowest BCUT2D eigenvalue weighted by atomic mass is 9.83. The molecule has 0 heterocycles. The van der Waals surface area contributed by atoms with Crippen LogP contribution in [0.1, 0.15) is 50.5 Å². The third-order valence-corrected chi connectivity index (χ3v) is 4.98. The van der Waals surface area contributed by atoms with E-state index < -0.39 is 0 Å². The molecule has 2 nitrogen and oxygen atoms in total. The van der Waals surface area contributed by atoms with Crippen LogP contribution in [0.2, 0.25) is 10.0 Å². The van der Waals surface area contributed by atoms with Gasteiger partial charge in [0.15, 0.2) is 0 Å². The van der Waals surface area contributed by atoms with Gasteiger partial charge in [-0.2, -0.15) is 0 Å². The maximum atomic E-state index is 6.27. The molecule has 20 heavy (non-hydrogen) atoms. The number of hydrogen-bond donors (Lipinski definition) is 2. The van der Waals surface area contributed by atoms with Gasteiger partial charge >= 0.3 is 0 Å². The molecule has 4 heteroatoms. The lowest BCUT2D eigenvalue weighted by Gasteiger charge is -2.28. The van der Waals surface area contributed by atoms with Crippen LogP contribution in [-0.2, 0) is 6.42 Å². The predicted octanol–water partition coefficient (Wildman–Crippen LogP) is 4.73. The van der Waals surface area contributed by atoms with Crippen LogP contribution in [0.25, 0.3) is 0 Å². The molecule has 1 saturated carbocycles. The topological polar surface area (TPSA) is 38.0 Å². The quantitative estimate of drug-likeness (QED) is 0.623. The van der Waals surface area contributed by atoms with Crippen LogP contribution in [0.15, 0.2) is 18.2 Å². The molecule has 0 aromatic heterocycles. The van der Waals surface area contributed by atoms with E-state index >= 15 is 0 Å². The molecule has 1 atom stereocenters. The summed E-state index contributed by atoms with van der Waals surface area (Å²) in [5, 5.41) is 1.51. The molecule has 1 fully saturated rings. The summed E-state index contributed by atoms with van der Waals surface area (Å²) in [7, 11) is 0. The fraction of sp³-hybridized carbons (Fsp3) is 0.625. The Bertz CT molecular complexity index is 415. The summed E-state index contributed by atoms with van der Waals surface area (Å²) < 4.78 is 0. The number of halogens is 2. The predicted molar refractivity (Wildman–Crippen MR) is 87.1 cm³/mol. The minimum absolute atomic E-state index is 0.282. The highest BCUT2D eigenvalue weighted by atomic mass is 35.5. The van der Waals surface area contributed by atoms with Crippen LogP contribution in [0.4, 0.5) is 0 Å². The van der Waals surface area contributed by atoms with E-state index in [1.165, 1.54) is 44.9 Å². The third kappa shape index (κ3) is 4.63. The standard InChI is InChI=1S/C16H24Cl2N2/c17-14-8-9-15(18)13(10-14)11-16(20-19)12-6-4-2-1-3-5-7-12/h8-10,12,16,20H,1-7,11,19H2. The normalized spacial score (nSPS) is 19.4. The summed E-state index contributed by atoms with van der Waals surface area (Å²) in [5.41, 5.74) is 4.10. The van der Waals surface area contributed by atoms with E-state index in [0.29, 0.717) is 5.92 Å². The zero-order chi connectivity index (χ0) is 14.4. The Kier molecular flexibility index (Phi) is 6.63. The lowest BCUT2D eigenvalue weighted by molar-refractivity contribution is 0.285. The summed E-state index contributed by atoms with van der Waals surface area (Å²) in [6, 6.07) is 5.93. The first-order valence-electron chi connectivity index (χ1n) is 7.60. The van der Waals surface area contributed by atoms with Crippen molar-refractivity contribution < 1.29 is 0 Å². The van der Waals surface area contributed by atoms with Gasteiger partial charge in [-0.1, -0.05) is 55.3 Å². The molecule has 1 unspecified atom stereocenters. The average Bonchev–Trinajstić information content (AvgIpc) is 2.40. The molecule has 1 aromatic carbocycles. The van der Waals surface area contributed by atoms with Crippen molar-refractivity contribution in [3.05, 3.63) is 33.8 Å². The number of benzene rings is 1. The number of hydrazine groups is 1. The van der Waals surface area contributed by atoms with Crippen LogP contribution in [-0.4, -0.2) is 6.04 Å². The highest BCUT2D eigenvalue weighted by Gasteiger charge is 2.22.